The number of hydrogen-bond donors (Lipinski definition) is 2. The van der Waals surface area contributed by atoms with E-state index in [1.165, 1.54) is 6.07 Å². The molecule has 0 unspecified atom stereocenters. The van der Waals surface area contributed by atoms with Gasteiger partial charge in [-0.15, -0.1) is 0 Å². The minimum absolute atomic E-state index is 0.0650. The zero-order valence-corrected chi connectivity index (χ0v) is 20.0. The molecule has 0 aliphatic carbocycles. The van der Waals surface area contributed by atoms with E-state index in [2.05, 4.69) is 10.0 Å². The van der Waals surface area contributed by atoms with Crippen molar-refractivity contribution in [2.45, 2.75) is 38.1 Å². The highest BCUT2D eigenvalue weighted by molar-refractivity contribution is 7.89. The molecule has 1 fully saturated rings. The standard InChI is InChI=1S/C26H27N3O4S/c1-18-10-11-21(16-24(18)34(32,33)27-17-20-7-4-3-5-8-20)26(31)28-22-12-13-23(19(2)15-22)29-14-6-9-25(29)30/h3-5,7-8,10-13,15-16,27H,6,9,14,17H2,1-2H3,(H,28,31). The SMILES string of the molecule is Cc1cc(NC(=O)c2ccc(C)c(S(=O)(=O)NCc3ccccc3)c2)ccc1N1CCCC1=O. The molecule has 0 radical (unpaired) electrons. The van der Waals surface area contributed by atoms with Crippen molar-refractivity contribution in [1.82, 2.24) is 4.72 Å². The Morgan fingerprint density at radius 1 is 0.971 bits per heavy atom. The van der Waals surface area contributed by atoms with E-state index in [1.807, 2.05) is 49.4 Å². The monoisotopic (exact) mass is 477 g/mol. The van der Waals surface area contributed by atoms with Crippen LogP contribution in [0, 0.1) is 13.8 Å². The molecule has 2 amide bonds. The summed E-state index contributed by atoms with van der Waals surface area (Å²) in [5, 5.41) is 2.83. The Bertz CT molecular complexity index is 1340. The maximum absolute atomic E-state index is 12.9. The molecule has 7 nitrogen and oxygen atoms in total. The first kappa shape index (κ1) is 23.7. The molecule has 1 aliphatic rings. The van der Waals surface area contributed by atoms with Crippen LogP contribution in [0.25, 0.3) is 0 Å². The second-order valence-corrected chi connectivity index (χ2v) is 10.1. The maximum atomic E-state index is 12.9. The molecule has 4 rings (SSSR count). The minimum atomic E-state index is -3.81. The summed E-state index contributed by atoms with van der Waals surface area (Å²) in [4.78, 5) is 26.8. The lowest BCUT2D eigenvalue weighted by molar-refractivity contribution is -0.117. The van der Waals surface area contributed by atoms with E-state index in [1.54, 1.807) is 30.0 Å². The summed E-state index contributed by atoms with van der Waals surface area (Å²) in [6, 6.07) is 19.2. The van der Waals surface area contributed by atoms with Crippen LogP contribution in [0.4, 0.5) is 11.4 Å². The lowest BCUT2D eigenvalue weighted by Crippen LogP contribution is -2.25. The van der Waals surface area contributed by atoms with Gasteiger partial charge in [-0.25, -0.2) is 13.1 Å². The van der Waals surface area contributed by atoms with Crippen molar-refractivity contribution >= 4 is 33.2 Å². The van der Waals surface area contributed by atoms with Gasteiger partial charge in [-0.1, -0.05) is 36.4 Å². The van der Waals surface area contributed by atoms with Crippen molar-refractivity contribution in [3.05, 3.63) is 89.0 Å². The van der Waals surface area contributed by atoms with Gasteiger partial charge in [0.2, 0.25) is 15.9 Å². The fourth-order valence-corrected chi connectivity index (χ4v) is 5.31. The van der Waals surface area contributed by atoms with Crippen LogP contribution in [0.3, 0.4) is 0 Å². The van der Waals surface area contributed by atoms with Gasteiger partial charge in [-0.2, -0.15) is 0 Å². The lowest BCUT2D eigenvalue weighted by atomic mass is 10.1. The number of carbonyl (C=O) groups is 2. The number of hydrogen-bond acceptors (Lipinski definition) is 4. The van der Waals surface area contributed by atoms with E-state index in [-0.39, 0.29) is 22.9 Å². The number of aryl methyl sites for hydroxylation is 2. The molecule has 0 bridgehead atoms. The second kappa shape index (κ2) is 9.79. The first-order valence-corrected chi connectivity index (χ1v) is 12.6. The van der Waals surface area contributed by atoms with E-state index in [0.717, 1.165) is 23.2 Å². The molecule has 0 saturated carbocycles. The molecule has 1 saturated heterocycles. The third-order valence-electron chi connectivity index (χ3n) is 5.87. The Kier molecular flexibility index (Phi) is 6.81. The number of nitrogens with zero attached hydrogens (tertiary/aromatic N) is 1. The van der Waals surface area contributed by atoms with Gasteiger partial charge in [0.15, 0.2) is 0 Å². The van der Waals surface area contributed by atoms with Crippen molar-refractivity contribution in [3.63, 3.8) is 0 Å². The van der Waals surface area contributed by atoms with Crippen molar-refractivity contribution in [3.8, 4) is 0 Å². The van der Waals surface area contributed by atoms with E-state index >= 15 is 0 Å². The van der Waals surface area contributed by atoms with E-state index in [4.69, 9.17) is 0 Å². The number of amides is 2. The Morgan fingerprint density at radius 3 is 2.41 bits per heavy atom. The second-order valence-electron chi connectivity index (χ2n) is 8.39. The molecule has 34 heavy (non-hydrogen) atoms. The molecule has 0 spiro atoms. The van der Waals surface area contributed by atoms with Crippen LogP contribution in [0.5, 0.6) is 0 Å². The highest BCUT2D eigenvalue weighted by Crippen LogP contribution is 2.28. The van der Waals surface area contributed by atoms with Gasteiger partial charge in [-0.05, 0) is 67.3 Å². The molecule has 8 heteroatoms. The molecule has 1 aliphatic heterocycles. The zero-order valence-electron chi connectivity index (χ0n) is 19.2. The Hall–Kier alpha value is -3.49. The van der Waals surface area contributed by atoms with Gasteiger partial charge in [-0.3, -0.25) is 9.59 Å². The van der Waals surface area contributed by atoms with Crippen LogP contribution >= 0.6 is 0 Å². The number of carbonyl (C=O) groups excluding carboxylic acids is 2. The predicted octanol–water partition coefficient (Wildman–Crippen LogP) is 4.16. The highest BCUT2D eigenvalue weighted by atomic mass is 32.2. The number of nitrogens with one attached hydrogen (secondary N) is 2. The Balaban J connectivity index is 1.50. The summed E-state index contributed by atoms with van der Waals surface area (Å²) in [7, 11) is -3.81. The van der Waals surface area contributed by atoms with Crippen LogP contribution in [-0.4, -0.2) is 26.8 Å². The average Bonchev–Trinajstić information content (AvgIpc) is 3.24. The van der Waals surface area contributed by atoms with Crippen molar-refractivity contribution in [2.75, 3.05) is 16.8 Å². The summed E-state index contributed by atoms with van der Waals surface area (Å²) < 4.78 is 28.4. The third-order valence-corrected chi connectivity index (χ3v) is 7.41. The van der Waals surface area contributed by atoms with Crippen LogP contribution in [0.1, 0.15) is 39.9 Å². The molecule has 1 heterocycles. The van der Waals surface area contributed by atoms with E-state index < -0.39 is 15.9 Å². The fourth-order valence-electron chi connectivity index (χ4n) is 4.02. The first-order chi connectivity index (χ1) is 16.2. The van der Waals surface area contributed by atoms with Crippen LogP contribution in [0.15, 0.2) is 71.6 Å². The van der Waals surface area contributed by atoms with Crippen LogP contribution in [-0.2, 0) is 21.4 Å². The van der Waals surface area contributed by atoms with Crippen molar-refractivity contribution in [2.24, 2.45) is 0 Å². The van der Waals surface area contributed by atoms with Gasteiger partial charge in [0.25, 0.3) is 5.91 Å². The van der Waals surface area contributed by atoms with Gasteiger partial charge in [0.05, 0.1) is 4.90 Å². The van der Waals surface area contributed by atoms with Crippen LogP contribution in [0.2, 0.25) is 0 Å². The summed E-state index contributed by atoms with van der Waals surface area (Å²) in [5.41, 5.74) is 3.92. The predicted molar refractivity (Wildman–Crippen MR) is 132 cm³/mol. The maximum Gasteiger partial charge on any atom is 0.255 e. The van der Waals surface area contributed by atoms with Gasteiger partial charge in [0, 0.05) is 36.4 Å². The van der Waals surface area contributed by atoms with Crippen LogP contribution < -0.4 is 14.9 Å². The largest absolute Gasteiger partial charge is 0.322 e. The minimum Gasteiger partial charge on any atom is -0.322 e. The molecule has 0 aromatic heterocycles. The summed E-state index contributed by atoms with van der Waals surface area (Å²) in [5.74, 6) is -0.307. The average molecular weight is 478 g/mol. The molecule has 3 aromatic rings. The summed E-state index contributed by atoms with van der Waals surface area (Å²) in [6.07, 6.45) is 1.40. The number of rotatable bonds is 7. The highest BCUT2D eigenvalue weighted by Gasteiger charge is 2.23. The van der Waals surface area contributed by atoms with E-state index in [0.29, 0.717) is 24.2 Å². The lowest BCUT2D eigenvalue weighted by Gasteiger charge is -2.19. The molecule has 3 aromatic carbocycles. The quantitative estimate of drug-likeness (QED) is 0.534. The summed E-state index contributed by atoms with van der Waals surface area (Å²) >= 11 is 0. The molecular formula is C26H27N3O4S. The topological polar surface area (TPSA) is 95.6 Å². The fraction of sp³-hybridized carbons (Fsp3) is 0.231. The summed E-state index contributed by atoms with van der Waals surface area (Å²) in [6.45, 7) is 4.44. The van der Waals surface area contributed by atoms with Crippen molar-refractivity contribution in [1.29, 1.82) is 0 Å². The number of benzene rings is 3. The van der Waals surface area contributed by atoms with Gasteiger partial charge < -0.3 is 10.2 Å². The molecular weight excluding hydrogens is 450 g/mol. The van der Waals surface area contributed by atoms with Gasteiger partial charge >= 0.3 is 0 Å². The first-order valence-electron chi connectivity index (χ1n) is 11.1. The number of sulfonamides is 1. The Labute approximate surface area is 199 Å². The number of anilines is 2. The Morgan fingerprint density at radius 2 is 1.74 bits per heavy atom. The smallest absolute Gasteiger partial charge is 0.255 e. The zero-order chi connectivity index (χ0) is 24.3. The molecule has 176 valence electrons. The molecule has 2 N–H and O–H groups in total. The molecule has 0 atom stereocenters. The normalized spacial score (nSPS) is 13.8. The van der Waals surface area contributed by atoms with Crippen molar-refractivity contribution < 1.29 is 18.0 Å². The van der Waals surface area contributed by atoms with Gasteiger partial charge in [0.1, 0.15) is 0 Å². The van der Waals surface area contributed by atoms with E-state index in [9.17, 15) is 18.0 Å². The third kappa shape index (κ3) is 5.18.